The Labute approximate surface area is 127 Å². The molecule has 0 atom stereocenters. The molecule has 0 aliphatic heterocycles. The van der Waals surface area contributed by atoms with Crippen LogP contribution in [-0.2, 0) is 13.0 Å². The van der Waals surface area contributed by atoms with Gasteiger partial charge in [0.15, 0.2) is 0 Å². The molecule has 0 saturated heterocycles. The third-order valence-corrected chi connectivity index (χ3v) is 3.45. The molecule has 0 unspecified atom stereocenters. The monoisotopic (exact) mass is 330 g/mol. The van der Waals surface area contributed by atoms with Crippen LogP contribution in [0.3, 0.4) is 0 Å². The summed E-state index contributed by atoms with van der Waals surface area (Å²) in [6.07, 6.45) is 0.759. The fraction of sp³-hybridized carbons (Fsp3) is 0.188. The Bertz CT molecular complexity index is 635. The predicted molar refractivity (Wildman–Crippen MR) is 82.4 cm³/mol. The molecule has 0 aliphatic rings. The maximum absolute atomic E-state index is 9.06. The summed E-state index contributed by atoms with van der Waals surface area (Å²) in [6.45, 7) is 0.949. The summed E-state index contributed by atoms with van der Waals surface area (Å²) in [4.78, 5) is 0. The lowest BCUT2D eigenvalue weighted by molar-refractivity contribution is 0.302. The molecule has 0 radical (unpaired) electrons. The number of hydrogen-bond acceptors (Lipinski definition) is 3. The van der Waals surface area contributed by atoms with Crippen molar-refractivity contribution in [2.24, 2.45) is 5.73 Å². The van der Waals surface area contributed by atoms with Gasteiger partial charge in [-0.15, -0.1) is 0 Å². The Balaban J connectivity index is 2.17. The van der Waals surface area contributed by atoms with E-state index in [1.165, 1.54) is 0 Å². The molecule has 2 rings (SSSR count). The van der Waals surface area contributed by atoms with Crippen LogP contribution in [0.25, 0.3) is 0 Å². The lowest BCUT2D eigenvalue weighted by atomic mass is 10.1. The van der Waals surface area contributed by atoms with Crippen molar-refractivity contribution in [1.29, 1.82) is 5.26 Å². The van der Waals surface area contributed by atoms with Crippen molar-refractivity contribution in [1.82, 2.24) is 0 Å². The quantitative estimate of drug-likeness (QED) is 0.913. The van der Waals surface area contributed by atoms with Crippen LogP contribution in [0.5, 0.6) is 5.75 Å². The summed E-state index contributed by atoms with van der Waals surface area (Å²) in [7, 11) is 0. The summed E-state index contributed by atoms with van der Waals surface area (Å²) in [5.74, 6) is 0.811. The fourth-order valence-corrected chi connectivity index (χ4v) is 2.36. The topological polar surface area (TPSA) is 59.0 Å². The Hall–Kier alpha value is -1.83. The van der Waals surface area contributed by atoms with Gasteiger partial charge in [-0.2, -0.15) is 5.26 Å². The van der Waals surface area contributed by atoms with Gasteiger partial charge in [0.2, 0.25) is 0 Å². The molecule has 2 aromatic rings. The minimum Gasteiger partial charge on any atom is -0.489 e. The first-order chi connectivity index (χ1) is 9.74. The van der Waals surface area contributed by atoms with E-state index in [9.17, 15) is 0 Å². The van der Waals surface area contributed by atoms with Gasteiger partial charge < -0.3 is 10.5 Å². The molecule has 0 fully saturated rings. The lowest BCUT2D eigenvalue weighted by Gasteiger charge is -2.12. The molecule has 0 heterocycles. The normalized spacial score (nSPS) is 10.1. The molecule has 0 aliphatic carbocycles. The van der Waals surface area contributed by atoms with Crippen LogP contribution in [-0.4, -0.2) is 6.54 Å². The average Bonchev–Trinajstić information content (AvgIpc) is 2.47. The average molecular weight is 331 g/mol. The van der Waals surface area contributed by atoms with Crippen molar-refractivity contribution in [3.8, 4) is 11.8 Å². The van der Waals surface area contributed by atoms with Crippen molar-refractivity contribution in [3.05, 3.63) is 63.6 Å². The summed E-state index contributed by atoms with van der Waals surface area (Å²) < 4.78 is 6.85. The van der Waals surface area contributed by atoms with Crippen molar-refractivity contribution in [2.75, 3.05) is 6.54 Å². The SMILES string of the molecule is N#Cc1ccccc1COc1ccc(Br)cc1CCN. The van der Waals surface area contributed by atoms with Crippen LogP contribution in [0.2, 0.25) is 0 Å². The molecule has 4 heteroatoms. The van der Waals surface area contributed by atoms with E-state index < -0.39 is 0 Å². The number of halogens is 1. The zero-order chi connectivity index (χ0) is 14.4. The van der Waals surface area contributed by atoms with E-state index in [0.29, 0.717) is 18.7 Å². The Morgan fingerprint density at radius 1 is 1.15 bits per heavy atom. The third-order valence-electron chi connectivity index (χ3n) is 2.96. The number of hydrogen-bond donors (Lipinski definition) is 1. The van der Waals surface area contributed by atoms with Crippen molar-refractivity contribution >= 4 is 15.9 Å². The molecule has 0 spiro atoms. The second-order valence-electron chi connectivity index (χ2n) is 4.35. The van der Waals surface area contributed by atoms with E-state index in [-0.39, 0.29) is 0 Å². The first kappa shape index (κ1) is 14.6. The van der Waals surface area contributed by atoms with Crippen LogP contribution < -0.4 is 10.5 Å². The van der Waals surface area contributed by atoms with Crippen LogP contribution in [0.15, 0.2) is 46.9 Å². The lowest BCUT2D eigenvalue weighted by Crippen LogP contribution is -2.06. The van der Waals surface area contributed by atoms with Gasteiger partial charge in [0, 0.05) is 10.0 Å². The summed E-state index contributed by atoms with van der Waals surface area (Å²) >= 11 is 3.45. The van der Waals surface area contributed by atoms with Crippen LogP contribution in [0, 0.1) is 11.3 Å². The predicted octanol–water partition coefficient (Wildman–Crippen LogP) is 3.40. The molecular weight excluding hydrogens is 316 g/mol. The number of ether oxygens (including phenoxy) is 1. The second kappa shape index (κ2) is 7.09. The standard InChI is InChI=1S/C16H15BrN2O/c17-15-5-6-16(12(9-15)7-8-18)20-11-14-4-2-1-3-13(14)10-19/h1-6,9H,7-8,11,18H2. The minimum atomic E-state index is 0.378. The molecule has 0 aromatic heterocycles. The Morgan fingerprint density at radius 3 is 2.70 bits per heavy atom. The maximum atomic E-state index is 9.06. The summed E-state index contributed by atoms with van der Waals surface area (Å²) in [5, 5.41) is 9.06. The van der Waals surface area contributed by atoms with E-state index in [2.05, 4.69) is 22.0 Å². The summed E-state index contributed by atoms with van der Waals surface area (Å²) in [5.41, 5.74) is 8.21. The molecular formula is C16H15BrN2O. The van der Waals surface area contributed by atoms with E-state index in [4.69, 9.17) is 15.7 Å². The van der Waals surface area contributed by atoms with Gasteiger partial charge in [-0.3, -0.25) is 0 Å². The number of rotatable bonds is 5. The molecule has 0 saturated carbocycles. The van der Waals surface area contributed by atoms with Gasteiger partial charge >= 0.3 is 0 Å². The fourth-order valence-electron chi connectivity index (χ4n) is 1.95. The Kier molecular flexibility index (Phi) is 5.16. The first-order valence-electron chi connectivity index (χ1n) is 6.34. The van der Waals surface area contributed by atoms with Gasteiger partial charge in [-0.05, 0) is 42.8 Å². The van der Waals surface area contributed by atoms with E-state index in [1.807, 2.05) is 36.4 Å². The number of nitriles is 1. The van der Waals surface area contributed by atoms with E-state index in [0.717, 1.165) is 27.8 Å². The molecule has 20 heavy (non-hydrogen) atoms. The zero-order valence-electron chi connectivity index (χ0n) is 11.0. The molecule has 3 nitrogen and oxygen atoms in total. The second-order valence-corrected chi connectivity index (χ2v) is 5.26. The number of nitrogens with two attached hydrogens (primary N) is 1. The Morgan fingerprint density at radius 2 is 1.95 bits per heavy atom. The van der Waals surface area contributed by atoms with Gasteiger partial charge in [0.1, 0.15) is 12.4 Å². The highest BCUT2D eigenvalue weighted by molar-refractivity contribution is 9.10. The van der Waals surface area contributed by atoms with E-state index in [1.54, 1.807) is 6.07 Å². The summed E-state index contributed by atoms with van der Waals surface area (Å²) in [6, 6.07) is 15.5. The molecule has 2 N–H and O–H groups in total. The van der Waals surface area contributed by atoms with Gasteiger partial charge in [-0.1, -0.05) is 34.1 Å². The van der Waals surface area contributed by atoms with Crippen LogP contribution in [0.4, 0.5) is 0 Å². The van der Waals surface area contributed by atoms with Gasteiger partial charge in [0.05, 0.1) is 11.6 Å². The highest BCUT2D eigenvalue weighted by Gasteiger charge is 2.06. The van der Waals surface area contributed by atoms with Crippen LogP contribution >= 0.6 is 15.9 Å². The van der Waals surface area contributed by atoms with Gasteiger partial charge in [-0.25, -0.2) is 0 Å². The van der Waals surface area contributed by atoms with Gasteiger partial charge in [0.25, 0.3) is 0 Å². The highest BCUT2D eigenvalue weighted by Crippen LogP contribution is 2.24. The minimum absolute atomic E-state index is 0.378. The third kappa shape index (κ3) is 3.60. The van der Waals surface area contributed by atoms with Crippen molar-refractivity contribution in [2.45, 2.75) is 13.0 Å². The largest absolute Gasteiger partial charge is 0.489 e. The molecule has 102 valence electrons. The number of benzene rings is 2. The molecule has 2 aromatic carbocycles. The number of nitrogens with zero attached hydrogens (tertiary/aromatic N) is 1. The van der Waals surface area contributed by atoms with E-state index >= 15 is 0 Å². The maximum Gasteiger partial charge on any atom is 0.123 e. The zero-order valence-corrected chi connectivity index (χ0v) is 12.6. The first-order valence-corrected chi connectivity index (χ1v) is 7.13. The van der Waals surface area contributed by atoms with Crippen LogP contribution in [0.1, 0.15) is 16.7 Å². The highest BCUT2D eigenvalue weighted by atomic mass is 79.9. The van der Waals surface area contributed by atoms with Crippen molar-refractivity contribution in [3.63, 3.8) is 0 Å². The molecule has 0 bridgehead atoms. The smallest absolute Gasteiger partial charge is 0.123 e. The molecule has 0 amide bonds. The van der Waals surface area contributed by atoms with Crippen molar-refractivity contribution < 1.29 is 4.74 Å².